The fourth-order valence-corrected chi connectivity index (χ4v) is 2.52. The summed E-state index contributed by atoms with van der Waals surface area (Å²) in [5.41, 5.74) is 3.62. The summed E-state index contributed by atoms with van der Waals surface area (Å²) in [4.78, 5) is 3.29. The van der Waals surface area contributed by atoms with Crippen LogP contribution < -0.4 is 4.74 Å². The van der Waals surface area contributed by atoms with E-state index in [1.165, 1.54) is 16.5 Å². The minimum atomic E-state index is 0.576. The topological polar surface area (TPSA) is 25.0 Å². The molecule has 3 heteroatoms. The Balaban J connectivity index is 1.84. The molecular formula is C16H14BrNO. The second kappa shape index (κ2) is 5.10. The maximum absolute atomic E-state index is 5.83. The van der Waals surface area contributed by atoms with E-state index in [0.717, 1.165) is 15.7 Å². The van der Waals surface area contributed by atoms with Gasteiger partial charge in [0.25, 0.3) is 0 Å². The summed E-state index contributed by atoms with van der Waals surface area (Å²) in [7, 11) is 0. The summed E-state index contributed by atoms with van der Waals surface area (Å²) in [5.74, 6) is 0.881. The lowest BCUT2D eigenvalue weighted by Gasteiger charge is -2.06. The summed E-state index contributed by atoms with van der Waals surface area (Å²) in [5, 5.41) is 1.26. The summed E-state index contributed by atoms with van der Waals surface area (Å²) in [6.07, 6.45) is 2.02. The normalized spacial score (nSPS) is 10.8. The highest BCUT2D eigenvalue weighted by molar-refractivity contribution is 9.10. The molecule has 3 aromatic rings. The van der Waals surface area contributed by atoms with Crippen LogP contribution in [0.3, 0.4) is 0 Å². The molecule has 0 fully saturated rings. The number of hydrogen-bond acceptors (Lipinski definition) is 1. The first kappa shape index (κ1) is 12.3. The lowest BCUT2D eigenvalue weighted by molar-refractivity contribution is 0.307. The fourth-order valence-electron chi connectivity index (χ4n) is 2.26. The average molecular weight is 316 g/mol. The van der Waals surface area contributed by atoms with E-state index in [0.29, 0.717) is 6.61 Å². The van der Waals surface area contributed by atoms with Gasteiger partial charge < -0.3 is 9.72 Å². The number of H-pyrrole nitrogens is 1. The Hall–Kier alpha value is -1.74. The van der Waals surface area contributed by atoms with Gasteiger partial charge in [-0.25, -0.2) is 0 Å². The maximum Gasteiger partial charge on any atom is 0.119 e. The molecule has 1 aromatic heterocycles. The third kappa shape index (κ3) is 2.51. The molecule has 0 aliphatic carbocycles. The molecule has 2 nitrogen and oxygen atoms in total. The number of hydrogen-bond donors (Lipinski definition) is 1. The molecule has 96 valence electrons. The highest BCUT2D eigenvalue weighted by Crippen LogP contribution is 2.24. The number of aromatic nitrogens is 1. The number of aromatic amines is 1. The van der Waals surface area contributed by atoms with E-state index in [2.05, 4.69) is 46.0 Å². The summed E-state index contributed by atoms with van der Waals surface area (Å²) in [6, 6.07) is 14.2. The van der Waals surface area contributed by atoms with Crippen molar-refractivity contribution < 1.29 is 4.74 Å². The zero-order valence-corrected chi connectivity index (χ0v) is 12.2. The van der Waals surface area contributed by atoms with E-state index in [-0.39, 0.29) is 0 Å². The molecule has 0 saturated heterocycles. The van der Waals surface area contributed by atoms with Gasteiger partial charge in [-0.1, -0.05) is 28.1 Å². The molecule has 0 amide bonds. The van der Waals surface area contributed by atoms with Crippen molar-refractivity contribution in [3.63, 3.8) is 0 Å². The van der Waals surface area contributed by atoms with Gasteiger partial charge in [-0.15, -0.1) is 0 Å². The average Bonchev–Trinajstić information content (AvgIpc) is 2.83. The van der Waals surface area contributed by atoms with Crippen LogP contribution in [0, 0.1) is 6.92 Å². The van der Waals surface area contributed by atoms with Crippen LogP contribution in [-0.4, -0.2) is 4.98 Å². The first-order valence-corrected chi connectivity index (χ1v) is 6.97. The lowest BCUT2D eigenvalue weighted by atomic mass is 10.1. The van der Waals surface area contributed by atoms with E-state index in [4.69, 9.17) is 4.74 Å². The summed E-state index contributed by atoms with van der Waals surface area (Å²) in [6.45, 7) is 2.70. The molecule has 0 atom stereocenters. The predicted molar refractivity (Wildman–Crippen MR) is 81.5 cm³/mol. The highest BCUT2D eigenvalue weighted by Gasteiger charge is 2.06. The second-order valence-corrected chi connectivity index (χ2v) is 5.47. The molecule has 0 bridgehead atoms. The van der Waals surface area contributed by atoms with Crippen LogP contribution in [0.4, 0.5) is 0 Å². The van der Waals surface area contributed by atoms with E-state index >= 15 is 0 Å². The van der Waals surface area contributed by atoms with Gasteiger partial charge in [-0.2, -0.15) is 0 Å². The van der Waals surface area contributed by atoms with Crippen LogP contribution in [0.15, 0.2) is 53.1 Å². The lowest BCUT2D eigenvalue weighted by Crippen LogP contribution is -1.94. The molecule has 2 aromatic carbocycles. The molecule has 0 saturated carbocycles. The molecule has 19 heavy (non-hydrogen) atoms. The Labute approximate surface area is 120 Å². The van der Waals surface area contributed by atoms with E-state index in [1.807, 2.05) is 30.5 Å². The molecule has 0 aliphatic rings. The Kier molecular flexibility index (Phi) is 3.30. The fraction of sp³-hybridized carbons (Fsp3) is 0.125. The molecule has 1 N–H and O–H groups in total. The van der Waals surface area contributed by atoms with Gasteiger partial charge in [-0.3, -0.25) is 0 Å². The van der Waals surface area contributed by atoms with Gasteiger partial charge >= 0.3 is 0 Å². The second-order valence-electron chi connectivity index (χ2n) is 4.55. The van der Waals surface area contributed by atoms with Crippen molar-refractivity contribution in [1.29, 1.82) is 0 Å². The van der Waals surface area contributed by atoms with Crippen molar-refractivity contribution >= 4 is 26.8 Å². The van der Waals surface area contributed by atoms with E-state index < -0.39 is 0 Å². The molecule has 1 heterocycles. The minimum Gasteiger partial charge on any atom is -0.489 e. The third-order valence-corrected chi connectivity index (χ3v) is 3.73. The van der Waals surface area contributed by atoms with Crippen LogP contribution in [0.5, 0.6) is 5.75 Å². The highest BCUT2D eigenvalue weighted by atomic mass is 79.9. The number of ether oxygens (including phenoxy) is 1. The molecule has 0 unspecified atom stereocenters. The maximum atomic E-state index is 5.83. The SMILES string of the molecule is Cc1cccc2[nH]cc(COc3ccc(Br)cc3)c12. The standard InChI is InChI=1S/C16H14BrNO/c1-11-3-2-4-15-16(11)12(9-18-15)10-19-14-7-5-13(17)6-8-14/h2-9,18H,10H2,1H3. The number of halogens is 1. The van der Waals surface area contributed by atoms with Gasteiger partial charge in [0.15, 0.2) is 0 Å². The summed E-state index contributed by atoms with van der Waals surface area (Å²) < 4.78 is 6.89. The van der Waals surface area contributed by atoms with Gasteiger partial charge in [0, 0.05) is 27.1 Å². The van der Waals surface area contributed by atoms with Gasteiger partial charge in [0.1, 0.15) is 12.4 Å². The molecular weight excluding hydrogens is 302 g/mol. The van der Waals surface area contributed by atoms with Crippen molar-refractivity contribution in [2.75, 3.05) is 0 Å². The van der Waals surface area contributed by atoms with Gasteiger partial charge in [0.05, 0.1) is 0 Å². The Morgan fingerprint density at radius 2 is 1.89 bits per heavy atom. The van der Waals surface area contributed by atoms with Crippen LogP contribution >= 0.6 is 15.9 Å². The number of fused-ring (bicyclic) bond motifs is 1. The molecule has 0 radical (unpaired) electrons. The molecule has 3 rings (SSSR count). The quantitative estimate of drug-likeness (QED) is 0.736. The Morgan fingerprint density at radius 1 is 1.11 bits per heavy atom. The predicted octanol–water partition coefficient (Wildman–Crippen LogP) is 4.82. The van der Waals surface area contributed by atoms with Crippen LogP contribution in [0.1, 0.15) is 11.1 Å². The first-order valence-electron chi connectivity index (χ1n) is 6.18. The minimum absolute atomic E-state index is 0.576. The number of aryl methyl sites for hydroxylation is 1. The van der Waals surface area contributed by atoms with Crippen LogP contribution in [0.25, 0.3) is 10.9 Å². The zero-order chi connectivity index (χ0) is 13.2. The number of rotatable bonds is 3. The number of benzene rings is 2. The monoisotopic (exact) mass is 315 g/mol. The van der Waals surface area contributed by atoms with E-state index in [1.54, 1.807) is 0 Å². The van der Waals surface area contributed by atoms with Crippen LogP contribution in [0.2, 0.25) is 0 Å². The largest absolute Gasteiger partial charge is 0.489 e. The zero-order valence-electron chi connectivity index (χ0n) is 10.6. The molecule has 0 aliphatic heterocycles. The smallest absolute Gasteiger partial charge is 0.119 e. The van der Waals surface area contributed by atoms with Crippen molar-refractivity contribution in [2.45, 2.75) is 13.5 Å². The summed E-state index contributed by atoms with van der Waals surface area (Å²) >= 11 is 3.42. The van der Waals surface area contributed by atoms with Crippen LogP contribution in [-0.2, 0) is 6.61 Å². The first-order chi connectivity index (χ1) is 9.24. The third-order valence-electron chi connectivity index (χ3n) is 3.20. The van der Waals surface area contributed by atoms with Crippen molar-refractivity contribution in [3.05, 3.63) is 64.3 Å². The molecule has 0 spiro atoms. The van der Waals surface area contributed by atoms with Crippen molar-refractivity contribution in [1.82, 2.24) is 4.98 Å². The number of nitrogens with one attached hydrogen (secondary N) is 1. The van der Waals surface area contributed by atoms with Crippen molar-refractivity contribution in [3.8, 4) is 5.75 Å². The van der Waals surface area contributed by atoms with Crippen molar-refractivity contribution in [2.24, 2.45) is 0 Å². The Morgan fingerprint density at radius 3 is 2.68 bits per heavy atom. The van der Waals surface area contributed by atoms with Gasteiger partial charge in [0.2, 0.25) is 0 Å². The Bertz CT molecular complexity index is 700. The van der Waals surface area contributed by atoms with Gasteiger partial charge in [-0.05, 0) is 42.8 Å². The van der Waals surface area contributed by atoms with E-state index in [9.17, 15) is 0 Å².